The van der Waals surface area contributed by atoms with E-state index in [2.05, 4.69) is 31.0 Å². The fourth-order valence-electron chi connectivity index (χ4n) is 3.73. The molecule has 4 rings (SSSR count). The van der Waals surface area contributed by atoms with Crippen molar-refractivity contribution in [3.63, 3.8) is 0 Å². The molecule has 1 aromatic carbocycles. The summed E-state index contributed by atoms with van der Waals surface area (Å²) in [6.45, 7) is 20.9. The van der Waals surface area contributed by atoms with Gasteiger partial charge in [0.2, 0.25) is 11.8 Å². The maximum atomic E-state index is 11.4. The number of rotatable bonds is 6. The first kappa shape index (κ1) is 34.8. The zero-order valence-corrected chi connectivity index (χ0v) is 26.5. The van der Waals surface area contributed by atoms with Crippen LogP contribution in [0.2, 0.25) is 0 Å². The highest BCUT2D eigenvalue weighted by Crippen LogP contribution is 2.17. The van der Waals surface area contributed by atoms with Crippen molar-refractivity contribution in [1.82, 2.24) is 14.8 Å². The van der Waals surface area contributed by atoms with Crippen LogP contribution >= 0.6 is 11.3 Å². The van der Waals surface area contributed by atoms with Gasteiger partial charge in [-0.3, -0.25) is 14.6 Å². The highest BCUT2D eigenvalue weighted by Gasteiger charge is 2.21. The number of ether oxygens (including phenoxy) is 1. The Kier molecular flexibility index (Phi) is 17.6. The van der Waals surface area contributed by atoms with E-state index in [4.69, 9.17) is 4.74 Å². The minimum atomic E-state index is 0.174. The molecule has 3 heterocycles. The standard InChI is InChI=1S/C10H14O.C9H17NO.C7H13NO.C6H9NS/c1-9(2)11-8-10-6-4-3-5-7-10;1-8(2)9(11)10-6-4-3-5-7-10;1-6(2)7(9)8-4-3-5-8;1-5(2)6-3-7-4-8-6/h3-7,9H,8H2,1-2H3;8H,3-7H2,1-2H3;6H,3-5H2,1-2H3;3-5H,1-2H3. The normalized spacial score (nSPS) is 14.6. The summed E-state index contributed by atoms with van der Waals surface area (Å²) in [5.41, 5.74) is 3.11. The maximum absolute atomic E-state index is 11.4. The molecule has 0 spiro atoms. The molecule has 6 nitrogen and oxygen atoms in total. The highest BCUT2D eigenvalue weighted by molar-refractivity contribution is 7.09. The second kappa shape index (κ2) is 19.8. The van der Waals surface area contributed by atoms with Crippen LogP contribution in [-0.2, 0) is 20.9 Å². The SMILES string of the molecule is CC(C)C(=O)N1CCC1.CC(C)C(=O)N1CCCCC1.CC(C)OCc1ccccc1.CC(C)c1cncs1. The molecular formula is C32H53N3O3S. The van der Waals surface area contributed by atoms with Crippen molar-refractivity contribution in [2.75, 3.05) is 26.2 Å². The fourth-order valence-corrected chi connectivity index (χ4v) is 4.37. The number of thiazole rings is 1. The van der Waals surface area contributed by atoms with Crippen molar-refractivity contribution in [2.24, 2.45) is 11.8 Å². The quantitative estimate of drug-likeness (QED) is 0.370. The molecular weight excluding hydrogens is 506 g/mol. The number of carbonyl (C=O) groups excluding carboxylic acids is 2. The van der Waals surface area contributed by atoms with Crippen LogP contribution in [0, 0.1) is 11.8 Å². The number of likely N-dealkylation sites (tertiary alicyclic amines) is 2. The molecule has 1 aromatic heterocycles. The summed E-state index contributed by atoms with van der Waals surface area (Å²) < 4.78 is 5.43. The molecule has 0 bridgehead atoms. The molecule has 2 aliphatic heterocycles. The molecule has 0 N–H and O–H groups in total. The molecule has 0 saturated carbocycles. The Morgan fingerprint density at radius 3 is 1.64 bits per heavy atom. The van der Waals surface area contributed by atoms with E-state index in [9.17, 15) is 9.59 Å². The molecule has 0 radical (unpaired) electrons. The Balaban J connectivity index is 0.000000262. The van der Waals surface area contributed by atoms with E-state index in [1.807, 2.05) is 81.2 Å². The molecule has 7 heteroatoms. The smallest absolute Gasteiger partial charge is 0.225 e. The van der Waals surface area contributed by atoms with E-state index in [0.717, 1.165) is 32.8 Å². The molecule has 0 atom stereocenters. The van der Waals surface area contributed by atoms with Crippen LogP contribution in [0.4, 0.5) is 0 Å². The van der Waals surface area contributed by atoms with Gasteiger partial charge in [-0.1, -0.05) is 71.9 Å². The maximum Gasteiger partial charge on any atom is 0.225 e. The molecule has 220 valence electrons. The summed E-state index contributed by atoms with van der Waals surface area (Å²) in [5, 5.41) is 0. The second-order valence-electron chi connectivity index (χ2n) is 11.3. The van der Waals surface area contributed by atoms with Gasteiger partial charge in [0.25, 0.3) is 0 Å². The van der Waals surface area contributed by atoms with Gasteiger partial charge in [0, 0.05) is 49.1 Å². The number of hydrogen-bond acceptors (Lipinski definition) is 5. The third-order valence-corrected chi connectivity index (χ3v) is 7.35. The lowest BCUT2D eigenvalue weighted by Crippen LogP contribution is -2.44. The summed E-state index contributed by atoms with van der Waals surface area (Å²) in [4.78, 5) is 31.7. The Hall–Kier alpha value is -2.25. The predicted octanol–water partition coefficient (Wildman–Crippen LogP) is 7.41. The third-order valence-electron chi connectivity index (χ3n) is 6.27. The number of amides is 2. The van der Waals surface area contributed by atoms with Gasteiger partial charge in [0.15, 0.2) is 0 Å². The van der Waals surface area contributed by atoms with Crippen molar-refractivity contribution < 1.29 is 14.3 Å². The van der Waals surface area contributed by atoms with Crippen molar-refractivity contribution in [3.05, 3.63) is 52.5 Å². The van der Waals surface area contributed by atoms with Crippen molar-refractivity contribution in [2.45, 2.75) is 99.7 Å². The van der Waals surface area contributed by atoms with E-state index in [1.165, 1.54) is 36.1 Å². The predicted molar refractivity (Wildman–Crippen MR) is 164 cm³/mol. The summed E-state index contributed by atoms with van der Waals surface area (Å²) >= 11 is 1.72. The lowest BCUT2D eigenvalue weighted by molar-refractivity contribution is -0.138. The second-order valence-corrected chi connectivity index (χ2v) is 12.2. The first-order valence-corrected chi connectivity index (χ1v) is 15.5. The fraction of sp³-hybridized carbons (Fsp3) is 0.656. The molecule has 2 fully saturated rings. The Morgan fingerprint density at radius 2 is 1.31 bits per heavy atom. The van der Waals surface area contributed by atoms with Gasteiger partial charge in [-0.15, -0.1) is 11.3 Å². The van der Waals surface area contributed by atoms with E-state index in [0.29, 0.717) is 23.8 Å². The Bertz CT molecular complexity index is 889. The van der Waals surface area contributed by atoms with Crippen LogP contribution in [0.15, 0.2) is 42.0 Å². The van der Waals surface area contributed by atoms with Gasteiger partial charge >= 0.3 is 0 Å². The van der Waals surface area contributed by atoms with Gasteiger partial charge in [0.05, 0.1) is 18.2 Å². The van der Waals surface area contributed by atoms with Crippen molar-refractivity contribution in [1.29, 1.82) is 0 Å². The lowest BCUT2D eigenvalue weighted by atomic mass is 10.1. The molecule has 2 aromatic rings. The van der Waals surface area contributed by atoms with Crippen LogP contribution in [0.5, 0.6) is 0 Å². The summed E-state index contributed by atoms with van der Waals surface area (Å²) in [5.74, 6) is 1.63. The number of piperidine rings is 1. The van der Waals surface area contributed by atoms with Gasteiger partial charge in [0.1, 0.15) is 0 Å². The highest BCUT2D eigenvalue weighted by atomic mass is 32.1. The minimum absolute atomic E-state index is 0.174. The summed E-state index contributed by atoms with van der Waals surface area (Å²) in [7, 11) is 0. The Morgan fingerprint density at radius 1 is 0.795 bits per heavy atom. The first-order chi connectivity index (χ1) is 18.5. The molecule has 0 aliphatic carbocycles. The summed E-state index contributed by atoms with van der Waals surface area (Å²) in [6, 6.07) is 10.2. The summed E-state index contributed by atoms with van der Waals surface area (Å²) in [6.07, 6.45) is 7.11. The van der Waals surface area contributed by atoms with Crippen LogP contribution in [0.1, 0.15) is 97.4 Å². The van der Waals surface area contributed by atoms with Gasteiger partial charge in [-0.25, -0.2) is 0 Å². The van der Waals surface area contributed by atoms with E-state index in [1.54, 1.807) is 11.3 Å². The molecule has 2 saturated heterocycles. The largest absolute Gasteiger partial charge is 0.374 e. The average molecular weight is 560 g/mol. The lowest BCUT2D eigenvalue weighted by Gasteiger charge is -2.32. The van der Waals surface area contributed by atoms with Crippen LogP contribution in [0.3, 0.4) is 0 Å². The number of carbonyl (C=O) groups is 2. The van der Waals surface area contributed by atoms with E-state index >= 15 is 0 Å². The molecule has 2 aliphatic rings. The van der Waals surface area contributed by atoms with Gasteiger partial charge < -0.3 is 14.5 Å². The first-order valence-electron chi connectivity index (χ1n) is 14.6. The van der Waals surface area contributed by atoms with E-state index in [-0.39, 0.29) is 11.8 Å². The average Bonchev–Trinajstić information content (AvgIpc) is 3.44. The van der Waals surface area contributed by atoms with Gasteiger partial charge in [-0.2, -0.15) is 0 Å². The van der Waals surface area contributed by atoms with Crippen LogP contribution < -0.4 is 0 Å². The molecule has 39 heavy (non-hydrogen) atoms. The van der Waals surface area contributed by atoms with Crippen LogP contribution in [0.25, 0.3) is 0 Å². The number of aromatic nitrogens is 1. The monoisotopic (exact) mass is 559 g/mol. The zero-order valence-electron chi connectivity index (χ0n) is 25.7. The number of hydrogen-bond donors (Lipinski definition) is 0. The minimum Gasteiger partial charge on any atom is -0.374 e. The molecule has 2 amide bonds. The number of nitrogens with zero attached hydrogens (tertiary/aromatic N) is 3. The van der Waals surface area contributed by atoms with Crippen LogP contribution in [-0.4, -0.2) is 58.9 Å². The van der Waals surface area contributed by atoms with E-state index < -0.39 is 0 Å². The third kappa shape index (κ3) is 15.2. The van der Waals surface area contributed by atoms with Gasteiger partial charge in [-0.05, 0) is 51.0 Å². The topological polar surface area (TPSA) is 62.7 Å². The molecule has 0 unspecified atom stereocenters. The van der Waals surface area contributed by atoms with Crippen molar-refractivity contribution >= 4 is 23.2 Å². The zero-order chi connectivity index (χ0) is 29.2. The Labute approximate surface area is 242 Å². The number of benzene rings is 1. The van der Waals surface area contributed by atoms with Crippen molar-refractivity contribution in [3.8, 4) is 0 Å².